The highest BCUT2D eigenvalue weighted by Gasteiger charge is 2.65. The van der Waals surface area contributed by atoms with Gasteiger partial charge in [0.05, 0.1) is 20.9 Å². The van der Waals surface area contributed by atoms with Crippen LogP contribution in [0.5, 0.6) is 0 Å². The van der Waals surface area contributed by atoms with Crippen molar-refractivity contribution < 1.29 is 20.5 Å². The maximum atomic E-state index is 14.7. The summed E-state index contributed by atoms with van der Waals surface area (Å²) in [5.41, 5.74) is 1.25. The standard InChI is InChI=1S/C20H16ClF4NO2S/c21-20(17-8-6-16(7-9-17)15-4-2-1-3-5-15)14-29(22,23,24,25)19-12-10-18(11-13-19)26(27)28/h1-13,20H,14H2. The molecule has 3 aromatic carbocycles. The van der Waals surface area contributed by atoms with Crippen LogP contribution < -0.4 is 0 Å². The van der Waals surface area contributed by atoms with Gasteiger partial charge in [0.15, 0.2) is 9.84 Å². The van der Waals surface area contributed by atoms with Crippen molar-refractivity contribution in [1.82, 2.24) is 0 Å². The first kappa shape index (κ1) is 21.1. The third kappa shape index (κ3) is 4.71. The Morgan fingerprint density at radius 3 is 1.86 bits per heavy atom. The molecule has 0 spiro atoms. The second-order valence-electron chi connectivity index (χ2n) is 6.61. The fourth-order valence-electron chi connectivity index (χ4n) is 2.87. The van der Waals surface area contributed by atoms with E-state index < -0.39 is 36.5 Å². The van der Waals surface area contributed by atoms with E-state index in [2.05, 4.69) is 0 Å². The van der Waals surface area contributed by atoms with Crippen molar-refractivity contribution >= 4 is 27.1 Å². The zero-order valence-corrected chi connectivity index (χ0v) is 16.4. The molecule has 0 bridgehead atoms. The van der Waals surface area contributed by atoms with Crippen LogP contribution in [-0.2, 0) is 0 Å². The molecule has 0 aliphatic heterocycles. The van der Waals surface area contributed by atoms with Crippen molar-refractivity contribution in [1.29, 1.82) is 0 Å². The summed E-state index contributed by atoms with van der Waals surface area (Å²) < 4.78 is 58.7. The van der Waals surface area contributed by atoms with Gasteiger partial charge in [0.1, 0.15) is 0 Å². The van der Waals surface area contributed by atoms with Gasteiger partial charge in [-0.05, 0) is 28.8 Å². The lowest BCUT2D eigenvalue weighted by atomic mass is 10.0. The fourth-order valence-corrected chi connectivity index (χ4v) is 5.49. The normalized spacial score (nSPS) is 15.2. The highest BCUT2D eigenvalue weighted by atomic mass is 35.5. The second-order valence-corrected chi connectivity index (χ2v) is 10.4. The summed E-state index contributed by atoms with van der Waals surface area (Å²) in [5, 5.41) is 8.98. The number of nitro benzene ring substituents is 1. The third-order valence-electron chi connectivity index (χ3n) is 4.43. The SMILES string of the molecule is O=[N+]([O-])c1ccc(S(F)(F)(F)(F)CC(Cl)c2ccc(-c3ccccc3)cc2)cc1. The Morgan fingerprint density at radius 1 is 0.828 bits per heavy atom. The van der Waals surface area contributed by atoms with Crippen LogP contribution in [0.2, 0.25) is 0 Å². The minimum absolute atomic E-state index is 0.129. The molecule has 3 nitrogen and oxygen atoms in total. The first-order valence-corrected chi connectivity index (χ1v) is 11.1. The molecule has 0 N–H and O–H groups in total. The molecule has 3 rings (SSSR count). The van der Waals surface area contributed by atoms with Gasteiger partial charge >= 0.3 is 0 Å². The van der Waals surface area contributed by atoms with Gasteiger partial charge in [0.25, 0.3) is 5.69 Å². The lowest BCUT2D eigenvalue weighted by Gasteiger charge is -2.50. The molecular weight excluding hydrogens is 430 g/mol. The van der Waals surface area contributed by atoms with Crippen molar-refractivity contribution in [3.05, 3.63) is 94.5 Å². The highest BCUT2D eigenvalue weighted by molar-refractivity contribution is 8.49. The summed E-state index contributed by atoms with van der Waals surface area (Å²) in [6, 6.07) is 17.4. The molecule has 1 unspecified atom stereocenters. The number of halogens is 5. The molecular formula is C20H16ClF4NO2S. The first-order valence-electron chi connectivity index (χ1n) is 8.42. The number of alkyl halides is 1. The Bertz CT molecular complexity index is 1040. The number of rotatable bonds is 6. The molecule has 0 heterocycles. The van der Waals surface area contributed by atoms with Crippen molar-refractivity contribution in [2.45, 2.75) is 10.3 Å². The van der Waals surface area contributed by atoms with Crippen LogP contribution in [0, 0.1) is 10.1 Å². The van der Waals surface area contributed by atoms with E-state index in [1.54, 1.807) is 12.1 Å². The number of benzene rings is 3. The fraction of sp³-hybridized carbons (Fsp3) is 0.100. The average Bonchev–Trinajstić information content (AvgIpc) is 2.67. The minimum Gasteiger partial charge on any atom is -0.258 e. The number of nitro groups is 1. The second kappa shape index (κ2) is 6.74. The van der Waals surface area contributed by atoms with E-state index in [4.69, 9.17) is 11.6 Å². The van der Waals surface area contributed by atoms with Crippen molar-refractivity contribution in [3.8, 4) is 11.1 Å². The van der Waals surface area contributed by atoms with Gasteiger partial charge in [-0.1, -0.05) is 54.6 Å². The summed E-state index contributed by atoms with van der Waals surface area (Å²) in [4.78, 5) is 8.24. The maximum Gasteiger partial charge on any atom is 0.269 e. The molecule has 0 aliphatic rings. The average molecular weight is 446 g/mol. The smallest absolute Gasteiger partial charge is 0.258 e. The third-order valence-corrected chi connectivity index (χ3v) is 7.34. The van der Waals surface area contributed by atoms with Gasteiger partial charge in [-0.3, -0.25) is 10.1 Å². The topological polar surface area (TPSA) is 43.1 Å². The lowest BCUT2D eigenvalue weighted by molar-refractivity contribution is -0.384. The van der Waals surface area contributed by atoms with E-state index in [9.17, 15) is 25.7 Å². The van der Waals surface area contributed by atoms with Gasteiger partial charge in [0.2, 0.25) is 0 Å². The molecule has 154 valence electrons. The van der Waals surface area contributed by atoms with Gasteiger partial charge in [-0.15, -0.1) is 27.1 Å². The van der Waals surface area contributed by atoms with Crippen LogP contribution in [0.1, 0.15) is 10.9 Å². The molecule has 0 saturated heterocycles. The van der Waals surface area contributed by atoms with E-state index in [0.717, 1.165) is 11.1 Å². The number of hydrogen-bond donors (Lipinski definition) is 0. The zero-order valence-electron chi connectivity index (χ0n) is 14.9. The molecule has 29 heavy (non-hydrogen) atoms. The van der Waals surface area contributed by atoms with E-state index in [1.807, 2.05) is 30.3 Å². The van der Waals surface area contributed by atoms with Crippen molar-refractivity contribution in [3.63, 3.8) is 0 Å². The van der Waals surface area contributed by atoms with Crippen molar-refractivity contribution in [2.75, 3.05) is 5.75 Å². The number of hydrogen-bond acceptors (Lipinski definition) is 2. The molecule has 0 aliphatic carbocycles. The molecule has 3 aromatic rings. The minimum atomic E-state index is -8.75. The highest BCUT2D eigenvalue weighted by Crippen LogP contribution is 3.01. The number of nitrogens with zero attached hydrogens (tertiary/aromatic N) is 1. The summed E-state index contributed by atoms with van der Waals surface area (Å²) in [7, 11) is -8.75. The predicted octanol–water partition coefficient (Wildman–Crippen LogP) is 8.01. The molecule has 0 saturated carbocycles. The van der Waals surface area contributed by atoms with Gasteiger partial charge in [0, 0.05) is 12.1 Å². The molecule has 0 radical (unpaired) electrons. The molecule has 9 heteroatoms. The molecule has 0 aromatic heterocycles. The van der Waals surface area contributed by atoms with Gasteiger partial charge in [-0.25, -0.2) is 0 Å². The Labute approximate surface area is 169 Å². The largest absolute Gasteiger partial charge is 0.269 e. The van der Waals surface area contributed by atoms with Crippen LogP contribution in [0.15, 0.2) is 83.8 Å². The Balaban J connectivity index is 1.87. The van der Waals surface area contributed by atoms with Crippen LogP contribution in [0.3, 0.4) is 0 Å². The summed E-state index contributed by atoms with van der Waals surface area (Å²) in [6.45, 7) is 0. The number of non-ortho nitro benzene ring substituents is 1. The van der Waals surface area contributed by atoms with E-state index >= 15 is 0 Å². The monoisotopic (exact) mass is 445 g/mol. The van der Waals surface area contributed by atoms with Gasteiger partial charge < -0.3 is 0 Å². The van der Waals surface area contributed by atoms with Gasteiger partial charge in [-0.2, -0.15) is 0 Å². The van der Waals surface area contributed by atoms with Crippen LogP contribution in [0.4, 0.5) is 21.2 Å². The van der Waals surface area contributed by atoms with Crippen molar-refractivity contribution in [2.24, 2.45) is 0 Å². The molecule has 1 atom stereocenters. The lowest BCUT2D eigenvalue weighted by Crippen LogP contribution is -2.21. The quantitative estimate of drug-likeness (QED) is 0.167. The van der Waals surface area contributed by atoms with Crippen LogP contribution >= 0.6 is 21.4 Å². The van der Waals surface area contributed by atoms with E-state index in [0.29, 0.717) is 24.3 Å². The predicted molar refractivity (Wildman–Crippen MR) is 109 cm³/mol. The Hall–Kier alpha value is -2.58. The maximum absolute atomic E-state index is 14.7. The van der Waals surface area contributed by atoms with E-state index in [-0.39, 0.29) is 5.56 Å². The summed E-state index contributed by atoms with van der Waals surface area (Å²) >= 11 is 5.96. The summed E-state index contributed by atoms with van der Waals surface area (Å²) in [5.74, 6) is -1.88. The van der Waals surface area contributed by atoms with Crippen LogP contribution in [0.25, 0.3) is 11.1 Å². The Morgan fingerprint density at radius 2 is 1.34 bits per heavy atom. The van der Waals surface area contributed by atoms with E-state index in [1.165, 1.54) is 12.1 Å². The first-order chi connectivity index (χ1) is 13.4. The molecule has 0 amide bonds. The summed E-state index contributed by atoms with van der Waals surface area (Å²) in [6.07, 6.45) is 0. The molecule has 0 fully saturated rings. The zero-order chi connectivity index (χ0) is 21.3. The Kier molecular flexibility index (Phi) is 4.91. The van der Waals surface area contributed by atoms with Crippen LogP contribution in [-0.4, -0.2) is 10.7 Å².